The summed E-state index contributed by atoms with van der Waals surface area (Å²) in [6.07, 6.45) is 1.10. The van der Waals surface area contributed by atoms with Crippen molar-refractivity contribution in [2.45, 2.75) is 53.6 Å². The number of aliphatic hydroxyl groups is 1. The van der Waals surface area contributed by atoms with Crippen LogP contribution in [0.4, 0.5) is 5.69 Å². The van der Waals surface area contributed by atoms with E-state index < -0.39 is 6.10 Å². The van der Waals surface area contributed by atoms with E-state index in [9.17, 15) is 9.90 Å². The fourth-order valence-corrected chi connectivity index (χ4v) is 5.11. The number of aliphatic hydroxyl groups excluding tert-OH is 1. The van der Waals surface area contributed by atoms with Crippen molar-refractivity contribution < 1.29 is 9.90 Å². The van der Waals surface area contributed by atoms with Gasteiger partial charge in [0.2, 0.25) is 0 Å². The molecule has 3 aromatic rings. The highest BCUT2D eigenvalue weighted by atomic mass is 35.5. The summed E-state index contributed by atoms with van der Waals surface area (Å²) in [6.45, 7) is 14.8. The molecule has 1 amide bonds. The number of nitrogens with zero attached hydrogens (tertiary/aromatic N) is 4. The molecule has 1 saturated heterocycles. The number of imidazole rings is 1. The van der Waals surface area contributed by atoms with Crippen LogP contribution in [-0.2, 0) is 6.42 Å². The summed E-state index contributed by atoms with van der Waals surface area (Å²) in [5.74, 6) is 0.649. The molecule has 214 valence electrons. The largest absolute Gasteiger partial charge is 0.390 e. The molecular weight excluding hydrogens is 533 g/mol. The Hall–Kier alpha value is -2.58. The van der Waals surface area contributed by atoms with Crippen molar-refractivity contribution in [2.24, 2.45) is 0 Å². The lowest BCUT2D eigenvalue weighted by atomic mass is 10.1. The molecule has 2 heterocycles. The maximum absolute atomic E-state index is 13.1. The number of anilines is 1. The van der Waals surface area contributed by atoms with Crippen LogP contribution in [0.15, 0.2) is 42.5 Å². The predicted molar refractivity (Wildman–Crippen MR) is 164 cm³/mol. The van der Waals surface area contributed by atoms with Gasteiger partial charge in [0.15, 0.2) is 0 Å². The van der Waals surface area contributed by atoms with Crippen molar-refractivity contribution >= 4 is 36.4 Å². The van der Waals surface area contributed by atoms with Crippen LogP contribution in [0.25, 0.3) is 5.69 Å². The standard InChI is InChI=1S/C30H41N5O2.2ClH/c1-6-8-28-32-29(24(5)35(28)25-13-11-21(2)12-14-25)30(37)31-19-26(36)20-33-15-17-34(18-16-33)27-10-7-9-22(3)23(27)4;;/h7,9-14,26,36H,6,8,15-20H2,1-5H3,(H,31,37);2*1H. The fraction of sp³-hybridized carbons (Fsp3) is 0.467. The molecule has 0 saturated carbocycles. The van der Waals surface area contributed by atoms with Gasteiger partial charge in [-0.15, -0.1) is 24.8 Å². The Morgan fingerprint density at radius 2 is 1.67 bits per heavy atom. The van der Waals surface area contributed by atoms with Gasteiger partial charge in [-0.3, -0.25) is 9.69 Å². The van der Waals surface area contributed by atoms with E-state index in [-0.39, 0.29) is 37.3 Å². The van der Waals surface area contributed by atoms with Gasteiger partial charge in [-0.1, -0.05) is 36.8 Å². The minimum Gasteiger partial charge on any atom is -0.390 e. The molecule has 2 N–H and O–H groups in total. The average Bonchev–Trinajstić information content (AvgIpc) is 3.21. The van der Waals surface area contributed by atoms with Crippen LogP contribution < -0.4 is 10.2 Å². The lowest BCUT2D eigenvalue weighted by molar-refractivity contribution is 0.0847. The van der Waals surface area contributed by atoms with Gasteiger partial charge < -0.3 is 19.9 Å². The average molecular weight is 577 g/mol. The summed E-state index contributed by atoms with van der Waals surface area (Å²) < 4.78 is 2.07. The lowest BCUT2D eigenvalue weighted by Crippen LogP contribution is -2.50. The summed E-state index contributed by atoms with van der Waals surface area (Å²) >= 11 is 0. The van der Waals surface area contributed by atoms with Crippen LogP contribution in [0, 0.1) is 27.7 Å². The Morgan fingerprint density at radius 1 is 1.00 bits per heavy atom. The number of β-amino-alcohol motifs (C(OH)–C–C–N with tert-alkyl or cyclic N) is 1. The van der Waals surface area contributed by atoms with Gasteiger partial charge in [-0.2, -0.15) is 0 Å². The third-order valence-electron chi connectivity index (χ3n) is 7.41. The van der Waals surface area contributed by atoms with Gasteiger partial charge in [0.25, 0.3) is 5.91 Å². The smallest absolute Gasteiger partial charge is 0.271 e. The molecule has 7 nitrogen and oxygen atoms in total. The molecule has 1 aliphatic heterocycles. The molecule has 0 bridgehead atoms. The first-order valence-electron chi connectivity index (χ1n) is 13.4. The molecule has 1 unspecified atom stereocenters. The van der Waals surface area contributed by atoms with E-state index in [1.165, 1.54) is 22.4 Å². The maximum atomic E-state index is 13.1. The molecule has 1 aliphatic rings. The number of carbonyl (C=O) groups is 1. The SMILES string of the molecule is CCCc1nc(C(=O)NCC(O)CN2CCN(c3cccc(C)c3C)CC2)c(C)n1-c1ccc(C)cc1.Cl.Cl. The number of halogens is 2. The first-order valence-corrected chi connectivity index (χ1v) is 13.4. The van der Waals surface area contributed by atoms with Gasteiger partial charge in [0.05, 0.1) is 11.8 Å². The second-order valence-electron chi connectivity index (χ2n) is 10.3. The Morgan fingerprint density at radius 3 is 2.31 bits per heavy atom. The lowest BCUT2D eigenvalue weighted by Gasteiger charge is -2.37. The van der Waals surface area contributed by atoms with Crippen LogP contribution in [0.1, 0.15) is 52.0 Å². The molecule has 1 fully saturated rings. The third kappa shape index (κ3) is 7.76. The molecule has 0 aliphatic carbocycles. The Balaban J connectivity index is 0.00000267. The zero-order chi connectivity index (χ0) is 26.5. The summed E-state index contributed by atoms with van der Waals surface area (Å²) in [4.78, 5) is 22.5. The zero-order valence-electron chi connectivity index (χ0n) is 23.7. The number of aryl methyl sites for hydroxylation is 3. The summed E-state index contributed by atoms with van der Waals surface area (Å²) in [5.41, 5.74) is 7.40. The summed E-state index contributed by atoms with van der Waals surface area (Å²) in [7, 11) is 0. The second-order valence-corrected chi connectivity index (χ2v) is 10.3. The van der Waals surface area contributed by atoms with E-state index >= 15 is 0 Å². The monoisotopic (exact) mass is 575 g/mol. The van der Waals surface area contributed by atoms with Crippen molar-refractivity contribution in [3.05, 3.63) is 76.4 Å². The van der Waals surface area contributed by atoms with E-state index in [0.717, 1.165) is 56.2 Å². The quantitative estimate of drug-likeness (QED) is 0.383. The van der Waals surface area contributed by atoms with Gasteiger partial charge in [0, 0.05) is 57.1 Å². The summed E-state index contributed by atoms with van der Waals surface area (Å²) in [5, 5.41) is 13.6. The van der Waals surface area contributed by atoms with Gasteiger partial charge in [-0.25, -0.2) is 4.98 Å². The highest BCUT2D eigenvalue weighted by molar-refractivity contribution is 5.93. The second kappa shape index (κ2) is 14.7. The van der Waals surface area contributed by atoms with Crippen molar-refractivity contribution in [3.63, 3.8) is 0 Å². The Bertz CT molecular complexity index is 1220. The number of piperazine rings is 1. The molecule has 2 aromatic carbocycles. The number of nitrogens with one attached hydrogen (secondary N) is 1. The van der Waals surface area contributed by atoms with Crippen molar-refractivity contribution in [2.75, 3.05) is 44.2 Å². The van der Waals surface area contributed by atoms with Crippen molar-refractivity contribution in [1.82, 2.24) is 19.8 Å². The first-order chi connectivity index (χ1) is 17.8. The van der Waals surface area contributed by atoms with E-state index in [4.69, 9.17) is 4.98 Å². The van der Waals surface area contributed by atoms with Gasteiger partial charge in [-0.05, 0) is 63.4 Å². The number of hydrogen-bond acceptors (Lipinski definition) is 5. The zero-order valence-corrected chi connectivity index (χ0v) is 25.4. The highest BCUT2D eigenvalue weighted by Gasteiger charge is 2.23. The van der Waals surface area contributed by atoms with Crippen LogP contribution in [0.2, 0.25) is 0 Å². The van der Waals surface area contributed by atoms with E-state index in [1.807, 2.05) is 6.92 Å². The Kier molecular flexibility index (Phi) is 12.3. The third-order valence-corrected chi connectivity index (χ3v) is 7.41. The number of amides is 1. The molecular formula is C30H43Cl2N5O2. The van der Waals surface area contributed by atoms with Crippen molar-refractivity contribution in [3.8, 4) is 5.69 Å². The first kappa shape index (κ1) is 32.6. The molecule has 9 heteroatoms. The minimum atomic E-state index is -0.634. The maximum Gasteiger partial charge on any atom is 0.271 e. The number of aromatic nitrogens is 2. The molecule has 0 radical (unpaired) electrons. The number of benzene rings is 2. The molecule has 39 heavy (non-hydrogen) atoms. The normalized spacial score (nSPS) is 14.4. The van der Waals surface area contributed by atoms with Crippen LogP contribution in [-0.4, -0.2) is 70.8 Å². The van der Waals surface area contributed by atoms with Crippen LogP contribution in [0.3, 0.4) is 0 Å². The summed E-state index contributed by atoms with van der Waals surface area (Å²) in [6, 6.07) is 14.7. The van der Waals surface area contributed by atoms with Crippen LogP contribution in [0.5, 0.6) is 0 Å². The highest BCUT2D eigenvalue weighted by Crippen LogP contribution is 2.24. The molecule has 1 aromatic heterocycles. The molecule has 0 spiro atoms. The van der Waals surface area contributed by atoms with Gasteiger partial charge >= 0.3 is 0 Å². The topological polar surface area (TPSA) is 73.6 Å². The van der Waals surface area contributed by atoms with E-state index in [0.29, 0.717) is 12.2 Å². The molecule has 1 atom stereocenters. The Labute approximate surface area is 245 Å². The minimum absolute atomic E-state index is 0. The number of rotatable bonds is 9. The van der Waals surface area contributed by atoms with E-state index in [1.54, 1.807) is 0 Å². The predicted octanol–water partition coefficient (Wildman–Crippen LogP) is 4.81. The number of hydrogen-bond donors (Lipinski definition) is 2. The van der Waals surface area contributed by atoms with Crippen molar-refractivity contribution in [1.29, 1.82) is 0 Å². The fourth-order valence-electron chi connectivity index (χ4n) is 5.11. The van der Waals surface area contributed by atoms with Gasteiger partial charge in [0.1, 0.15) is 11.5 Å². The van der Waals surface area contributed by atoms with Crippen LogP contribution >= 0.6 is 24.8 Å². The molecule has 4 rings (SSSR count). The van der Waals surface area contributed by atoms with E-state index in [2.05, 4.69) is 89.8 Å². The number of carbonyl (C=O) groups excluding carboxylic acids is 1.